The Hall–Kier alpha value is -0.670. The molecule has 0 bridgehead atoms. The number of hydrogen-bond donors (Lipinski definition) is 0. The third-order valence-corrected chi connectivity index (χ3v) is 6.33. The molecule has 0 amide bonds. The standard InChI is InChI=1S/C18H17Br2F/c19-12-18(11-14-10-15(21)7-8-17(14)20)9-3-5-13-4-1-2-6-16(13)18/h1-2,4,6-8,10H,3,5,9,11-12H2. The zero-order valence-corrected chi connectivity index (χ0v) is 14.9. The number of aryl methyl sites for hydroxylation is 1. The predicted octanol–water partition coefficient (Wildman–Crippen LogP) is 5.80. The SMILES string of the molecule is Fc1ccc(Br)c(CC2(CBr)CCCc3ccccc32)c1. The van der Waals surface area contributed by atoms with Crippen molar-refractivity contribution in [2.45, 2.75) is 31.1 Å². The molecule has 1 aliphatic rings. The molecule has 0 nitrogen and oxygen atoms in total. The first-order valence-corrected chi connectivity index (χ1v) is 9.14. The summed E-state index contributed by atoms with van der Waals surface area (Å²) in [5, 5.41) is 0.903. The Kier molecular flexibility index (Phi) is 4.51. The quantitative estimate of drug-likeness (QED) is 0.560. The molecule has 0 heterocycles. The van der Waals surface area contributed by atoms with Gasteiger partial charge in [0.25, 0.3) is 0 Å². The Balaban J connectivity index is 2.04. The molecule has 0 aliphatic heterocycles. The van der Waals surface area contributed by atoms with Gasteiger partial charge in [-0.15, -0.1) is 0 Å². The Labute approximate surface area is 142 Å². The lowest BCUT2D eigenvalue weighted by atomic mass is 9.68. The molecule has 2 aromatic carbocycles. The van der Waals surface area contributed by atoms with Gasteiger partial charge in [0.05, 0.1) is 0 Å². The van der Waals surface area contributed by atoms with Crippen LogP contribution in [-0.4, -0.2) is 5.33 Å². The van der Waals surface area contributed by atoms with E-state index in [-0.39, 0.29) is 11.2 Å². The zero-order valence-electron chi connectivity index (χ0n) is 11.7. The molecule has 1 aliphatic carbocycles. The van der Waals surface area contributed by atoms with E-state index in [1.54, 1.807) is 12.1 Å². The van der Waals surface area contributed by atoms with Crippen LogP contribution in [0.15, 0.2) is 46.9 Å². The maximum absolute atomic E-state index is 13.6. The van der Waals surface area contributed by atoms with Crippen LogP contribution in [0, 0.1) is 5.82 Å². The number of halogens is 3. The fourth-order valence-electron chi connectivity index (χ4n) is 3.42. The molecule has 0 N–H and O–H groups in total. The van der Waals surface area contributed by atoms with E-state index in [4.69, 9.17) is 0 Å². The average molecular weight is 412 g/mol. The summed E-state index contributed by atoms with van der Waals surface area (Å²) in [6.45, 7) is 0. The Morgan fingerprint density at radius 1 is 1.14 bits per heavy atom. The van der Waals surface area contributed by atoms with Gasteiger partial charge in [-0.3, -0.25) is 0 Å². The normalized spacial score (nSPS) is 21.1. The highest BCUT2D eigenvalue weighted by Crippen LogP contribution is 2.42. The van der Waals surface area contributed by atoms with Crippen LogP contribution in [0.1, 0.15) is 29.5 Å². The van der Waals surface area contributed by atoms with Crippen LogP contribution in [-0.2, 0) is 18.3 Å². The molecule has 1 unspecified atom stereocenters. The van der Waals surface area contributed by atoms with Crippen LogP contribution < -0.4 is 0 Å². The number of benzene rings is 2. The van der Waals surface area contributed by atoms with Gasteiger partial charge in [0.15, 0.2) is 0 Å². The molecule has 0 aromatic heterocycles. The van der Waals surface area contributed by atoms with E-state index >= 15 is 0 Å². The monoisotopic (exact) mass is 410 g/mol. The Morgan fingerprint density at radius 2 is 1.95 bits per heavy atom. The van der Waals surface area contributed by atoms with Gasteiger partial charge in [0.1, 0.15) is 5.82 Å². The van der Waals surface area contributed by atoms with E-state index < -0.39 is 0 Å². The fourth-order valence-corrected chi connectivity index (χ4v) is 4.59. The summed E-state index contributed by atoms with van der Waals surface area (Å²) in [7, 11) is 0. The number of hydrogen-bond acceptors (Lipinski definition) is 0. The molecule has 0 spiro atoms. The van der Waals surface area contributed by atoms with Crippen molar-refractivity contribution in [3.8, 4) is 0 Å². The smallest absolute Gasteiger partial charge is 0.123 e. The van der Waals surface area contributed by atoms with Crippen LogP contribution in [0.4, 0.5) is 4.39 Å². The van der Waals surface area contributed by atoms with Gasteiger partial charge in [-0.25, -0.2) is 4.39 Å². The minimum Gasteiger partial charge on any atom is -0.207 e. The summed E-state index contributed by atoms with van der Waals surface area (Å²) in [4.78, 5) is 0. The first-order valence-electron chi connectivity index (χ1n) is 7.23. The summed E-state index contributed by atoms with van der Waals surface area (Å²) in [6.07, 6.45) is 4.33. The van der Waals surface area contributed by atoms with Crippen LogP contribution in [0.25, 0.3) is 0 Å². The zero-order chi connectivity index (χ0) is 14.9. The third kappa shape index (κ3) is 2.95. The molecule has 0 saturated heterocycles. The van der Waals surface area contributed by atoms with Gasteiger partial charge in [-0.05, 0) is 60.6 Å². The largest absolute Gasteiger partial charge is 0.207 e. The van der Waals surface area contributed by atoms with Crippen molar-refractivity contribution in [3.63, 3.8) is 0 Å². The van der Waals surface area contributed by atoms with E-state index in [2.05, 4.69) is 56.1 Å². The molecule has 0 fully saturated rings. The van der Waals surface area contributed by atoms with Crippen molar-refractivity contribution in [2.24, 2.45) is 0 Å². The molecule has 1 atom stereocenters. The van der Waals surface area contributed by atoms with E-state index in [9.17, 15) is 4.39 Å². The van der Waals surface area contributed by atoms with Gasteiger partial charge in [0, 0.05) is 15.2 Å². The predicted molar refractivity (Wildman–Crippen MR) is 92.7 cm³/mol. The van der Waals surface area contributed by atoms with Crippen molar-refractivity contribution < 1.29 is 4.39 Å². The van der Waals surface area contributed by atoms with Crippen molar-refractivity contribution in [2.75, 3.05) is 5.33 Å². The minimum absolute atomic E-state index is 0.0607. The van der Waals surface area contributed by atoms with Crippen LogP contribution in [0.3, 0.4) is 0 Å². The summed E-state index contributed by atoms with van der Waals surface area (Å²) < 4.78 is 14.6. The van der Waals surface area contributed by atoms with Gasteiger partial charge in [-0.2, -0.15) is 0 Å². The number of rotatable bonds is 3. The topological polar surface area (TPSA) is 0 Å². The first-order chi connectivity index (χ1) is 10.1. The molecule has 3 heteroatoms. The lowest BCUT2D eigenvalue weighted by Gasteiger charge is -2.38. The lowest BCUT2D eigenvalue weighted by molar-refractivity contribution is 0.400. The van der Waals surface area contributed by atoms with Crippen molar-refractivity contribution in [3.05, 3.63) is 69.4 Å². The summed E-state index contributed by atoms with van der Waals surface area (Å²) >= 11 is 7.30. The van der Waals surface area contributed by atoms with E-state index in [0.717, 1.165) is 34.6 Å². The maximum atomic E-state index is 13.6. The summed E-state index contributed by atoms with van der Waals surface area (Å²) in [5.41, 5.74) is 3.97. The molecule has 0 saturated carbocycles. The van der Waals surface area contributed by atoms with Gasteiger partial charge in [0.2, 0.25) is 0 Å². The second-order valence-corrected chi connectivity index (χ2v) is 7.25. The molecule has 21 heavy (non-hydrogen) atoms. The molecule has 3 rings (SSSR count). The van der Waals surface area contributed by atoms with Crippen LogP contribution in [0.5, 0.6) is 0 Å². The second-order valence-electron chi connectivity index (χ2n) is 5.84. The number of fused-ring (bicyclic) bond motifs is 1. The van der Waals surface area contributed by atoms with Gasteiger partial charge < -0.3 is 0 Å². The summed E-state index contributed by atoms with van der Waals surface area (Å²) in [6, 6.07) is 13.7. The molecular formula is C18H17Br2F. The highest BCUT2D eigenvalue weighted by molar-refractivity contribution is 9.10. The minimum atomic E-state index is -0.165. The lowest BCUT2D eigenvalue weighted by Crippen LogP contribution is -2.35. The Bertz CT molecular complexity index is 653. The molecule has 2 aromatic rings. The molecule has 110 valence electrons. The van der Waals surface area contributed by atoms with Crippen LogP contribution >= 0.6 is 31.9 Å². The first kappa shape index (κ1) is 15.2. The van der Waals surface area contributed by atoms with E-state index in [1.165, 1.54) is 23.6 Å². The van der Waals surface area contributed by atoms with Gasteiger partial charge >= 0.3 is 0 Å². The fraction of sp³-hybridized carbons (Fsp3) is 0.333. The Morgan fingerprint density at radius 3 is 2.76 bits per heavy atom. The second kappa shape index (κ2) is 6.21. The van der Waals surface area contributed by atoms with Crippen molar-refractivity contribution in [1.82, 2.24) is 0 Å². The van der Waals surface area contributed by atoms with Gasteiger partial charge in [-0.1, -0.05) is 56.1 Å². The number of alkyl halides is 1. The van der Waals surface area contributed by atoms with E-state index in [1.807, 2.05) is 0 Å². The summed E-state index contributed by atoms with van der Waals surface area (Å²) in [5.74, 6) is -0.165. The van der Waals surface area contributed by atoms with E-state index in [0.29, 0.717) is 0 Å². The average Bonchev–Trinajstić information content (AvgIpc) is 2.51. The highest BCUT2D eigenvalue weighted by atomic mass is 79.9. The molecular weight excluding hydrogens is 395 g/mol. The third-order valence-electron chi connectivity index (χ3n) is 4.48. The molecule has 0 radical (unpaired) electrons. The maximum Gasteiger partial charge on any atom is 0.123 e. The van der Waals surface area contributed by atoms with Crippen molar-refractivity contribution >= 4 is 31.9 Å². The van der Waals surface area contributed by atoms with Crippen LogP contribution in [0.2, 0.25) is 0 Å². The highest BCUT2D eigenvalue weighted by Gasteiger charge is 2.36. The van der Waals surface area contributed by atoms with Crippen molar-refractivity contribution in [1.29, 1.82) is 0 Å².